The lowest BCUT2D eigenvalue weighted by Crippen LogP contribution is -2.47. The van der Waals surface area contributed by atoms with Gasteiger partial charge in [0.1, 0.15) is 0 Å². The Bertz CT molecular complexity index is 268. The minimum atomic E-state index is 0.0430. The highest BCUT2D eigenvalue weighted by atomic mass is 32.2. The Balaban J connectivity index is 1.83. The number of likely N-dealkylation sites (N-methyl/N-ethyl adjacent to an activating group) is 2. The highest BCUT2D eigenvalue weighted by molar-refractivity contribution is 7.99. The van der Waals surface area contributed by atoms with Crippen molar-refractivity contribution in [3.05, 3.63) is 0 Å². The normalized spacial score (nSPS) is 29.8. The topological polar surface area (TPSA) is 35.6 Å². The first-order valence-electron chi connectivity index (χ1n) is 6.52. The summed E-state index contributed by atoms with van der Waals surface area (Å²) in [7, 11) is 1.94. The highest BCUT2D eigenvalue weighted by Crippen LogP contribution is 2.18. The smallest absolute Gasteiger partial charge is 0.240 e. The maximum absolute atomic E-state index is 12.2. The molecule has 2 unspecified atom stereocenters. The highest BCUT2D eigenvalue weighted by Gasteiger charge is 2.29. The number of carbonyl (C=O) groups is 1. The molecular formula is C12H23N3OS. The maximum Gasteiger partial charge on any atom is 0.240 e. The fraction of sp³-hybridized carbons (Fsp3) is 0.917. The number of thioether (sulfide) groups is 1. The van der Waals surface area contributed by atoms with E-state index < -0.39 is 0 Å². The van der Waals surface area contributed by atoms with Crippen molar-refractivity contribution in [2.24, 2.45) is 0 Å². The molecule has 1 N–H and O–H groups in total. The van der Waals surface area contributed by atoms with E-state index >= 15 is 0 Å². The van der Waals surface area contributed by atoms with Gasteiger partial charge in [0.05, 0.1) is 6.04 Å². The van der Waals surface area contributed by atoms with Crippen molar-refractivity contribution in [1.82, 2.24) is 15.1 Å². The van der Waals surface area contributed by atoms with Crippen LogP contribution in [0.15, 0.2) is 0 Å². The number of likely N-dealkylation sites (tertiary alicyclic amines) is 1. The molecule has 17 heavy (non-hydrogen) atoms. The summed E-state index contributed by atoms with van der Waals surface area (Å²) in [6.45, 7) is 5.38. The molecule has 0 aromatic rings. The third-order valence-corrected chi connectivity index (χ3v) is 4.72. The molecular weight excluding hydrogens is 234 g/mol. The van der Waals surface area contributed by atoms with Crippen molar-refractivity contribution in [3.63, 3.8) is 0 Å². The van der Waals surface area contributed by atoms with Gasteiger partial charge in [0, 0.05) is 31.3 Å². The minimum absolute atomic E-state index is 0.0430. The lowest BCUT2D eigenvalue weighted by atomic mass is 10.2. The molecule has 0 spiro atoms. The summed E-state index contributed by atoms with van der Waals surface area (Å²) in [6.07, 6.45) is 2.51. The van der Waals surface area contributed by atoms with E-state index in [1.54, 1.807) is 11.8 Å². The van der Waals surface area contributed by atoms with E-state index in [1.807, 2.05) is 11.9 Å². The van der Waals surface area contributed by atoms with E-state index in [9.17, 15) is 4.79 Å². The average molecular weight is 257 g/mol. The second-order valence-corrected chi connectivity index (χ2v) is 5.95. The van der Waals surface area contributed by atoms with E-state index in [4.69, 9.17) is 0 Å². The molecule has 0 radical (unpaired) electrons. The van der Waals surface area contributed by atoms with Gasteiger partial charge in [0.15, 0.2) is 0 Å². The standard InChI is InChI=1S/C12H23N3OS/c1-3-15-6-4-5-10(15)7-14(2)12(16)11-8-17-9-13-11/h10-11,13H,3-9H2,1-2H3. The van der Waals surface area contributed by atoms with Crippen LogP contribution in [0.4, 0.5) is 0 Å². The van der Waals surface area contributed by atoms with Gasteiger partial charge >= 0.3 is 0 Å². The van der Waals surface area contributed by atoms with Gasteiger partial charge in [-0.25, -0.2) is 0 Å². The summed E-state index contributed by atoms with van der Waals surface area (Å²) in [5.41, 5.74) is 0. The molecule has 0 aromatic heterocycles. The first-order valence-corrected chi connectivity index (χ1v) is 7.68. The van der Waals surface area contributed by atoms with Crippen LogP contribution in [0.25, 0.3) is 0 Å². The van der Waals surface area contributed by atoms with Crippen LogP contribution in [0.3, 0.4) is 0 Å². The van der Waals surface area contributed by atoms with Gasteiger partial charge in [-0.1, -0.05) is 6.92 Å². The zero-order chi connectivity index (χ0) is 12.3. The molecule has 2 atom stereocenters. The molecule has 0 aliphatic carbocycles. The Morgan fingerprint density at radius 1 is 1.59 bits per heavy atom. The maximum atomic E-state index is 12.2. The van der Waals surface area contributed by atoms with E-state index in [-0.39, 0.29) is 11.9 Å². The van der Waals surface area contributed by atoms with Crippen LogP contribution in [-0.2, 0) is 4.79 Å². The number of carbonyl (C=O) groups excluding carboxylic acids is 1. The van der Waals surface area contributed by atoms with Gasteiger partial charge in [-0.05, 0) is 25.9 Å². The molecule has 2 aliphatic rings. The summed E-state index contributed by atoms with van der Waals surface area (Å²) in [6, 6.07) is 0.615. The second kappa shape index (κ2) is 6.07. The molecule has 98 valence electrons. The lowest BCUT2D eigenvalue weighted by Gasteiger charge is -2.29. The van der Waals surface area contributed by atoms with Crippen LogP contribution in [0, 0.1) is 0 Å². The number of nitrogens with one attached hydrogen (secondary N) is 1. The summed E-state index contributed by atoms with van der Waals surface area (Å²) < 4.78 is 0. The molecule has 0 aromatic carbocycles. The first-order chi connectivity index (χ1) is 8.22. The molecule has 2 rings (SSSR count). The molecule has 0 saturated carbocycles. The zero-order valence-electron chi connectivity index (χ0n) is 10.8. The number of hydrogen-bond donors (Lipinski definition) is 1. The third kappa shape index (κ3) is 3.14. The minimum Gasteiger partial charge on any atom is -0.343 e. The van der Waals surface area contributed by atoms with Gasteiger partial charge < -0.3 is 4.90 Å². The van der Waals surface area contributed by atoms with Crippen LogP contribution in [-0.4, -0.2) is 66.1 Å². The van der Waals surface area contributed by atoms with Crippen LogP contribution in [0.2, 0.25) is 0 Å². The number of amides is 1. The Morgan fingerprint density at radius 2 is 2.41 bits per heavy atom. The van der Waals surface area contributed by atoms with E-state index in [0.717, 1.165) is 24.7 Å². The van der Waals surface area contributed by atoms with Crippen LogP contribution in [0.5, 0.6) is 0 Å². The molecule has 0 bridgehead atoms. The second-order valence-electron chi connectivity index (χ2n) is 4.92. The van der Waals surface area contributed by atoms with Crippen molar-refractivity contribution in [3.8, 4) is 0 Å². The Labute approximate surface area is 108 Å². The van der Waals surface area contributed by atoms with E-state index in [1.165, 1.54) is 19.4 Å². The van der Waals surface area contributed by atoms with E-state index in [0.29, 0.717) is 6.04 Å². The Morgan fingerprint density at radius 3 is 3.06 bits per heavy atom. The van der Waals surface area contributed by atoms with Crippen molar-refractivity contribution in [2.45, 2.75) is 31.8 Å². The Kier molecular flexibility index (Phi) is 4.70. The summed E-state index contributed by atoms with van der Waals surface area (Å²) >= 11 is 1.81. The van der Waals surface area contributed by atoms with Crippen molar-refractivity contribution in [2.75, 3.05) is 38.3 Å². The molecule has 2 heterocycles. The van der Waals surface area contributed by atoms with Gasteiger partial charge in [0.2, 0.25) is 5.91 Å². The third-order valence-electron chi connectivity index (χ3n) is 3.78. The Hall–Kier alpha value is -0.260. The number of rotatable bonds is 4. The molecule has 4 nitrogen and oxygen atoms in total. The molecule has 5 heteroatoms. The fourth-order valence-corrected chi connectivity index (χ4v) is 3.68. The van der Waals surface area contributed by atoms with Crippen LogP contribution in [0.1, 0.15) is 19.8 Å². The molecule has 2 aliphatic heterocycles. The van der Waals surface area contributed by atoms with Gasteiger partial charge in [-0.3, -0.25) is 15.0 Å². The van der Waals surface area contributed by atoms with Gasteiger partial charge in [-0.2, -0.15) is 0 Å². The van der Waals surface area contributed by atoms with Gasteiger partial charge in [0.25, 0.3) is 0 Å². The SMILES string of the molecule is CCN1CCCC1CN(C)C(=O)C1CSCN1. The zero-order valence-corrected chi connectivity index (χ0v) is 11.6. The predicted octanol–water partition coefficient (Wildman–Crippen LogP) is 0.592. The van der Waals surface area contributed by atoms with Gasteiger partial charge in [-0.15, -0.1) is 11.8 Å². The average Bonchev–Trinajstić information content (AvgIpc) is 2.98. The summed E-state index contributed by atoms with van der Waals surface area (Å²) in [4.78, 5) is 16.6. The largest absolute Gasteiger partial charge is 0.343 e. The lowest BCUT2D eigenvalue weighted by molar-refractivity contribution is -0.131. The fourth-order valence-electron chi connectivity index (χ4n) is 2.74. The van der Waals surface area contributed by atoms with Crippen molar-refractivity contribution < 1.29 is 4.79 Å². The van der Waals surface area contributed by atoms with Crippen LogP contribution >= 0.6 is 11.8 Å². The van der Waals surface area contributed by atoms with Crippen molar-refractivity contribution in [1.29, 1.82) is 0 Å². The predicted molar refractivity (Wildman–Crippen MR) is 72.2 cm³/mol. The number of hydrogen-bond acceptors (Lipinski definition) is 4. The number of nitrogens with zero attached hydrogens (tertiary/aromatic N) is 2. The van der Waals surface area contributed by atoms with E-state index in [2.05, 4.69) is 17.1 Å². The monoisotopic (exact) mass is 257 g/mol. The summed E-state index contributed by atoms with van der Waals surface area (Å²) in [5.74, 6) is 2.10. The summed E-state index contributed by atoms with van der Waals surface area (Å²) in [5, 5.41) is 3.25. The molecule has 1 amide bonds. The van der Waals surface area contributed by atoms with Crippen LogP contribution < -0.4 is 5.32 Å². The van der Waals surface area contributed by atoms with Crippen molar-refractivity contribution >= 4 is 17.7 Å². The molecule has 2 fully saturated rings. The molecule has 2 saturated heterocycles. The first kappa shape index (κ1) is 13.2. The quantitative estimate of drug-likeness (QED) is 0.800.